The van der Waals surface area contributed by atoms with E-state index in [1.165, 1.54) is 0 Å². The minimum Gasteiger partial charge on any atom is -0.394 e. The topological polar surface area (TPSA) is 70.6 Å². The summed E-state index contributed by atoms with van der Waals surface area (Å²) in [6, 6.07) is -0.182. The molecule has 0 aromatic carbocycles. The van der Waals surface area contributed by atoms with Crippen molar-refractivity contribution in [2.75, 3.05) is 20.3 Å². The summed E-state index contributed by atoms with van der Waals surface area (Å²) >= 11 is 0. The fourth-order valence-electron chi connectivity index (χ4n) is 1.63. The monoisotopic (exact) mass is 246 g/mol. The van der Waals surface area contributed by atoms with Gasteiger partial charge in [0.2, 0.25) is 0 Å². The Hall–Kier alpha value is -0.810. The molecule has 0 bridgehead atoms. The highest BCUT2D eigenvalue weighted by Crippen LogP contribution is 2.10. The Bertz CT molecular complexity index is 224. The van der Waals surface area contributed by atoms with E-state index in [-0.39, 0.29) is 18.7 Å². The fourth-order valence-corrected chi connectivity index (χ4v) is 1.63. The Morgan fingerprint density at radius 3 is 2.65 bits per heavy atom. The Balaban J connectivity index is 4.06. The maximum atomic E-state index is 11.7. The number of methoxy groups -OCH3 is 1. The van der Waals surface area contributed by atoms with E-state index in [1.54, 1.807) is 7.11 Å². The first-order chi connectivity index (χ1) is 7.97. The molecule has 0 rings (SSSR count). The molecule has 5 heteroatoms. The Kier molecular flexibility index (Phi) is 7.91. The van der Waals surface area contributed by atoms with Crippen LogP contribution in [-0.4, -0.2) is 43.0 Å². The molecule has 0 aliphatic rings. The van der Waals surface area contributed by atoms with Gasteiger partial charge in [-0.1, -0.05) is 13.3 Å². The molecule has 0 fully saturated rings. The van der Waals surface area contributed by atoms with Gasteiger partial charge in [0.05, 0.1) is 12.1 Å². The molecule has 0 radical (unpaired) electrons. The first-order valence-corrected chi connectivity index (χ1v) is 6.16. The molecule has 2 amide bonds. The number of aliphatic hydroxyl groups is 1. The molecule has 0 saturated heterocycles. The molecular formula is C12H26N2O3. The molecule has 102 valence electrons. The lowest BCUT2D eigenvalue weighted by molar-refractivity contribution is 0.159. The van der Waals surface area contributed by atoms with E-state index < -0.39 is 5.54 Å². The van der Waals surface area contributed by atoms with E-state index in [2.05, 4.69) is 10.6 Å². The molecule has 17 heavy (non-hydrogen) atoms. The second-order valence-corrected chi connectivity index (χ2v) is 4.75. The van der Waals surface area contributed by atoms with E-state index >= 15 is 0 Å². The van der Waals surface area contributed by atoms with Gasteiger partial charge in [0.25, 0.3) is 0 Å². The number of urea groups is 1. The van der Waals surface area contributed by atoms with Crippen molar-refractivity contribution in [2.45, 2.75) is 51.6 Å². The first kappa shape index (κ1) is 16.2. The number of ether oxygens (including phenoxy) is 1. The predicted molar refractivity (Wildman–Crippen MR) is 68.0 cm³/mol. The smallest absolute Gasteiger partial charge is 0.315 e. The van der Waals surface area contributed by atoms with E-state index in [1.807, 2.05) is 20.8 Å². The number of carbonyl (C=O) groups excluding carboxylic acids is 1. The van der Waals surface area contributed by atoms with Gasteiger partial charge in [-0.3, -0.25) is 0 Å². The van der Waals surface area contributed by atoms with Gasteiger partial charge in [0.1, 0.15) is 0 Å². The van der Waals surface area contributed by atoms with Gasteiger partial charge in [-0.15, -0.1) is 0 Å². The van der Waals surface area contributed by atoms with Crippen molar-refractivity contribution < 1.29 is 14.6 Å². The zero-order valence-electron chi connectivity index (χ0n) is 11.4. The highest BCUT2D eigenvalue weighted by atomic mass is 16.5. The summed E-state index contributed by atoms with van der Waals surface area (Å²) in [7, 11) is 1.64. The third-order valence-corrected chi connectivity index (χ3v) is 2.70. The van der Waals surface area contributed by atoms with Crippen LogP contribution in [0.2, 0.25) is 0 Å². The van der Waals surface area contributed by atoms with Gasteiger partial charge in [-0.2, -0.15) is 0 Å². The molecule has 0 aromatic heterocycles. The van der Waals surface area contributed by atoms with Crippen molar-refractivity contribution in [3.8, 4) is 0 Å². The number of hydrogen-bond acceptors (Lipinski definition) is 3. The van der Waals surface area contributed by atoms with Crippen molar-refractivity contribution in [3.63, 3.8) is 0 Å². The zero-order valence-corrected chi connectivity index (χ0v) is 11.4. The minimum atomic E-state index is -0.542. The van der Waals surface area contributed by atoms with Crippen LogP contribution < -0.4 is 10.6 Å². The largest absolute Gasteiger partial charge is 0.394 e. The number of nitrogens with one attached hydrogen (secondary N) is 2. The summed E-state index contributed by atoms with van der Waals surface area (Å²) < 4.78 is 4.94. The number of carbonyl (C=O) groups is 1. The van der Waals surface area contributed by atoms with E-state index in [0.717, 1.165) is 19.3 Å². The van der Waals surface area contributed by atoms with E-state index in [9.17, 15) is 9.90 Å². The lowest BCUT2D eigenvalue weighted by Gasteiger charge is -2.29. The molecule has 0 aliphatic carbocycles. The summed E-state index contributed by atoms with van der Waals surface area (Å²) in [6.07, 6.45) is 2.44. The van der Waals surface area contributed by atoms with Gasteiger partial charge in [0.15, 0.2) is 0 Å². The van der Waals surface area contributed by atoms with Gasteiger partial charge in [0, 0.05) is 19.8 Å². The van der Waals surface area contributed by atoms with Gasteiger partial charge in [-0.25, -0.2) is 4.79 Å². The third kappa shape index (κ3) is 7.18. The molecule has 0 aromatic rings. The van der Waals surface area contributed by atoms with Crippen LogP contribution in [-0.2, 0) is 4.74 Å². The van der Waals surface area contributed by atoms with Crippen LogP contribution in [0.3, 0.4) is 0 Å². The Morgan fingerprint density at radius 2 is 2.18 bits per heavy atom. The van der Waals surface area contributed by atoms with Gasteiger partial charge in [-0.05, 0) is 26.7 Å². The standard InChI is InChI=1S/C12H26N2O3/c1-5-7-12(3,9-15)14-11(16)13-10(2)6-8-17-4/h10,15H,5-9H2,1-4H3,(H2,13,14,16). The summed E-state index contributed by atoms with van der Waals surface area (Å²) in [5, 5.41) is 14.9. The van der Waals surface area contributed by atoms with Gasteiger partial charge < -0.3 is 20.5 Å². The van der Waals surface area contributed by atoms with Crippen LogP contribution >= 0.6 is 0 Å². The lowest BCUT2D eigenvalue weighted by Crippen LogP contribution is -2.54. The Labute approximate surface area is 104 Å². The van der Waals surface area contributed by atoms with Crippen LogP contribution in [0.25, 0.3) is 0 Å². The van der Waals surface area contributed by atoms with Crippen molar-refractivity contribution >= 4 is 6.03 Å². The second kappa shape index (κ2) is 8.31. The molecule has 5 nitrogen and oxygen atoms in total. The molecule has 3 N–H and O–H groups in total. The van der Waals surface area contributed by atoms with Crippen LogP contribution in [0.5, 0.6) is 0 Å². The molecule has 2 atom stereocenters. The average Bonchev–Trinajstić information content (AvgIpc) is 2.26. The quantitative estimate of drug-likeness (QED) is 0.604. The highest BCUT2D eigenvalue weighted by molar-refractivity contribution is 5.75. The van der Waals surface area contributed by atoms with Crippen LogP contribution in [0.4, 0.5) is 4.79 Å². The Morgan fingerprint density at radius 1 is 1.53 bits per heavy atom. The summed E-state index contributed by atoms with van der Waals surface area (Å²) in [6.45, 7) is 6.35. The van der Waals surface area contributed by atoms with Crippen molar-refractivity contribution in [2.24, 2.45) is 0 Å². The van der Waals surface area contributed by atoms with E-state index in [0.29, 0.717) is 6.61 Å². The van der Waals surface area contributed by atoms with Crippen molar-refractivity contribution in [3.05, 3.63) is 0 Å². The summed E-state index contributed by atoms with van der Waals surface area (Å²) in [4.78, 5) is 11.7. The molecule has 0 saturated carbocycles. The predicted octanol–water partition coefficient (Wildman–Crippen LogP) is 1.26. The number of hydrogen-bond donors (Lipinski definition) is 3. The molecule has 2 unspecified atom stereocenters. The van der Waals surface area contributed by atoms with Gasteiger partial charge >= 0.3 is 6.03 Å². The SMILES string of the molecule is CCCC(C)(CO)NC(=O)NC(C)CCOC. The van der Waals surface area contributed by atoms with E-state index in [4.69, 9.17) is 4.74 Å². The summed E-state index contributed by atoms with van der Waals surface area (Å²) in [5.74, 6) is 0. The van der Waals surface area contributed by atoms with Crippen LogP contribution in [0.1, 0.15) is 40.0 Å². The highest BCUT2D eigenvalue weighted by Gasteiger charge is 2.24. The molecular weight excluding hydrogens is 220 g/mol. The average molecular weight is 246 g/mol. The lowest BCUT2D eigenvalue weighted by atomic mass is 9.97. The number of rotatable bonds is 8. The van der Waals surface area contributed by atoms with Crippen molar-refractivity contribution in [1.29, 1.82) is 0 Å². The fraction of sp³-hybridized carbons (Fsp3) is 0.917. The third-order valence-electron chi connectivity index (χ3n) is 2.70. The maximum Gasteiger partial charge on any atom is 0.315 e. The number of aliphatic hydroxyl groups excluding tert-OH is 1. The number of amides is 2. The van der Waals surface area contributed by atoms with Crippen LogP contribution in [0, 0.1) is 0 Å². The minimum absolute atomic E-state index is 0.0548. The first-order valence-electron chi connectivity index (χ1n) is 6.16. The zero-order chi connectivity index (χ0) is 13.3. The van der Waals surface area contributed by atoms with Crippen LogP contribution in [0.15, 0.2) is 0 Å². The maximum absolute atomic E-state index is 11.7. The summed E-state index contributed by atoms with van der Waals surface area (Å²) in [5.41, 5.74) is -0.542. The van der Waals surface area contributed by atoms with Crippen molar-refractivity contribution in [1.82, 2.24) is 10.6 Å². The molecule has 0 aliphatic heterocycles. The normalized spacial score (nSPS) is 16.1. The molecule has 0 spiro atoms. The molecule has 0 heterocycles. The second-order valence-electron chi connectivity index (χ2n) is 4.75.